The minimum atomic E-state index is -2.02. The van der Waals surface area contributed by atoms with Crippen LogP contribution in [0.4, 0.5) is 0 Å². The van der Waals surface area contributed by atoms with E-state index in [0.29, 0.717) is 12.8 Å². The van der Waals surface area contributed by atoms with E-state index in [0.717, 1.165) is 77.0 Å². The molecule has 10 nitrogen and oxygen atoms in total. The van der Waals surface area contributed by atoms with Crippen LogP contribution in [0.25, 0.3) is 0 Å². The summed E-state index contributed by atoms with van der Waals surface area (Å²) in [5, 5.41) is 40.1. The fraction of sp³-hybridized carbons (Fsp3) is 0.854. The van der Waals surface area contributed by atoms with Gasteiger partial charge in [-0.2, -0.15) is 0 Å². The summed E-state index contributed by atoms with van der Waals surface area (Å²) >= 11 is 0. The molecule has 10 heteroatoms. The SMILES string of the molecule is CCCCCC/C=C\CCCCCCCC(=O)OCC(COC1(CO)O[C@H](CO)[C@@H](O)[C@@H]1O)OC(=O)CCCCCCC/C=C\CCCCCC. The Bertz CT molecular complexity index is 909. The zero-order chi connectivity index (χ0) is 37.4. The number of allylic oxidation sites excluding steroid dienone is 4. The lowest BCUT2D eigenvalue weighted by atomic mass is 10.1. The summed E-state index contributed by atoms with van der Waals surface area (Å²) in [5.74, 6) is -2.88. The van der Waals surface area contributed by atoms with Gasteiger partial charge < -0.3 is 39.4 Å². The molecule has 0 aromatic carbocycles. The number of aliphatic hydroxyl groups is 4. The molecule has 1 heterocycles. The van der Waals surface area contributed by atoms with Gasteiger partial charge in [0.05, 0.1) is 13.2 Å². The molecule has 0 aromatic heterocycles. The van der Waals surface area contributed by atoms with Crippen LogP contribution in [0, 0.1) is 0 Å². The number of unbranched alkanes of at least 4 members (excludes halogenated alkanes) is 18. The van der Waals surface area contributed by atoms with Gasteiger partial charge in [-0.1, -0.05) is 115 Å². The Labute approximate surface area is 309 Å². The lowest BCUT2D eigenvalue weighted by Gasteiger charge is -2.31. The van der Waals surface area contributed by atoms with Crippen molar-refractivity contribution in [3.8, 4) is 0 Å². The maximum Gasteiger partial charge on any atom is 0.306 e. The molecule has 0 amide bonds. The minimum Gasteiger partial charge on any atom is -0.462 e. The number of hydrogen-bond acceptors (Lipinski definition) is 10. The van der Waals surface area contributed by atoms with Crippen molar-refractivity contribution in [1.29, 1.82) is 0 Å². The van der Waals surface area contributed by atoms with E-state index in [9.17, 15) is 30.0 Å². The Morgan fingerprint density at radius 1 is 0.647 bits per heavy atom. The Kier molecular flexibility index (Phi) is 29.3. The van der Waals surface area contributed by atoms with Crippen LogP contribution in [-0.4, -0.2) is 89.0 Å². The van der Waals surface area contributed by atoms with Crippen molar-refractivity contribution in [1.82, 2.24) is 0 Å². The Morgan fingerprint density at radius 3 is 1.55 bits per heavy atom. The molecule has 298 valence electrons. The van der Waals surface area contributed by atoms with Gasteiger partial charge in [-0.05, 0) is 64.2 Å². The van der Waals surface area contributed by atoms with Crippen LogP contribution in [0.15, 0.2) is 24.3 Å². The van der Waals surface area contributed by atoms with Gasteiger partial charge in [0.1, 0.15) is 31.5 Å². The van der Waals surface area contributed by atoms with E-state index in [4.69, 9.17) is 18.9 Å². The largest absolute Gasteiger partial charge is 0.462 e. The fourth-order valence-corrected chi connectivity index (χ4v) is 6.13. The van der Waals surface area contributed by atoms with Crippen LogP contribution in [0.2, 0.25) is 0 Å². The molecule has 0 aliphatic carbocycles. The first-order valence-electron chi connectivity index (χ1n) is 20.4. The second-order valence-electron chi connectivity index (χ2n) is 14.1. The number of aliphatic hydroxyl groups excluding tert-OH is 4. The summed E-state index contributed by atoms with van der Waals surface area (Å²) in [6, 6.07) is 0. The van der Waals surface area contributed by atoms with Gasteiger partial charge in [0.15, 0.2) is 6.10 Å². The summed E-state index contributed by atoms with van der Waals surface area (Å²) in [5.41, 5.74) is 0. The molecule has 1 saturated heterocycles. The van der Waals surface area contributed by atoms with Gasteiger partial charge >= 0.3 is 11.9 Å². The molecule has 5 atom stereocenters. The van der Waals surface area contributed by atoms with E-state index in [1.807, 2.05) is 0 Å². The third kappa shape index (κ3) is 22.8. The maximum absolute atomic E-state index is 12.7. The van der Waals surface area contributed by atoms with Crippen LogP contribution < -0.4 is 0 Å². The van der Waals surface area contributed by atoms with Crippen molar-refractivity contribution in [2.45, 2.75) is 198 Å². The predicted octanol–water partition coefficient (Wildman–Crippen LogP) is 7.77. The van der Waals surface area contributed by atoms with Gasteiger partial charge in [-0.15, -0.1) is 0 Å². The summed E-state index contributed by atoms with van der Waals surface area (Å²) in [4.78, 5) is 25.3. The summed E-state index contributed by atoms with van der Waals surface area (Å²) in [6.07, 6.45) is 28.8. The number of ether oxygens (including phenoxy) is 4. The first-order chi connectivity index (χ1) is 24.8. The summed E-state index contributed by atoms with van der Waals surface area (Å²) in [7, 11) is 0. The van der Waals surface area contributed by atoms with Crippen LogP contribution >= 0.6 is 0 Å². The van der Waals surface area contributed by atoms with Crippen molar-refractivity contribution in [3.63, 3.8) is 0 Å². The number of esters is 2. The van der Waals surface area contributed by atoms with Crippen LogP contribution in [0.3, 0.4) is 0 Å². The van der Waals surface area contributed by atoms with E-state index >= 15 is 0 Å². The van der Waals surface area contributed by atoms with Crippen LogP contribution in [0.1, 0.15) is 168 Å². The molecule has 0 saturated carbocycles. The number of rotatable bonds is 34. The number of carbonyl (C=O) groups excluding carboxylic acids is 2. The van der Waals surface area contributed by atoms with Crippen molar-refractivity contribution < 1.29 is 49.0 Å². The lowest BCUT2D eigenvalue weighted by molar-refractivity contribution is -0.284. The summed E-state index contributed by atoms with van der Waals surface area (Å²) < 4.78 is 22.2. The van der Waals surface area contributed by atoms with Crippen molar-refractivity contribution in [2.24, 2.45) is 0 Å². The smallest absolute Gasteiger partial charge is 0.306 e. The normalized spacial score (nSPS) is 21.2. The van der Waals surface area contributed by atoms with Gasteiger partial charge in [0, 0.05) is 12.8 Å². The molecular weight excluding hydrogens is 652 g/mol. The number of hydrogen-bond donors (Lipinski definition) is 4. The lowest BCUT2D eigenvalue weighted by Crippen LogP contribution is -2.50. The molecule has 0 radical (unpaired) electrons. The van der Waals surface area contributed by atoms with E-state index in [-0.39, 0.29) is 26.1 Å². The first-order valence-corrected chi connectivity index (χ1v) is 20.4. The maximum atomic E-state index is 12.7. The zero-order valence-electron chi connectivity index (χ0n) is 32.2. The fourth-order valence-electron chi connectivity index (χ4n) is 6.13. The molecule has 1 aliphatic heterocycles. The second kappa shape index (κ2) is 31.7. The van der Waals surface area contributed by atoms with Gasteiger partial charge in [0.25, 0.3) is 0 Å². The Balaban J connectivity index is 2.42. The van der Waals surface area contributed by atoms with Gasteiger partial charge in [-0.3, -0.25) is 9.59 Å². The average Bonchev–Trinajstić information content (AvgIpc) is 3.38. The zero-order valence-corrected chi connectivity index (χ0v) is 32.2. The van der Waals surface area contributed by atoms with E-state index < -0.39 is 55.4 Å². The van der Waals surface area contributed by atoms with Crippen LogP contribution in [0.5, 0.6) is 0 Å². The first kappa shape index (κ1) is 47.2. The highest BCUT2D eigenvalue weighted by atomic mass is 16.7. The van der Waals surface area contributed by atoms with Crippen molar-refractivity contribution in [3.05, 3.63) is 24.3 Å². The predicted molar refractivity (Wildman–Crippen MR) is 201 cm³/mol. The molecule has 0 aromatic rings. The summed E-state index contributed by atoms with van der Waals surface area (Å²) in [6.45, 7) is 2.42. The molecule has 0 bridgehead atoms. The van der Waals surface area contributed by atoms with E-state index in [1.165, 1.54) is 51.4 Å². The highest BCUT2D eigenvalue weighted by Gasteiger charge is 2.55. The molecule has 0 spiro atoms. The molecule has 1 aliphatic rings. The monoisotopic (exact) mass is 727 g/mol. The standard InChI is InChI=1S/C41H74O10/c1-3-5-7-9-11-13-15-17-19-21-23-25-27-29-37(44)48-32-35(33-49-41(34-43)40(47)39(46)36(31-42)51-41)50-38(45)30-28-26-24-22-20-18-16-14-12-10-8-6-4-2/h13-16,35-36,39-40,42-43,46-47H,3-12,17-34H2,1-2H3/b15-13-,16-14-/t35?,36-,39-,40+,41?/m1/s1. The third-order valence-electron chi connectivity index (χ3n) is 9.43. The highest BCUT2D eigenvalue weighted by Crippen LogP contribution is 2.32. The molecule has 1 rings (SSSR count). The molecule has 51 heavy (non-hydrogen) atoms. The third-order valence-corrected chi connectivity index (χ3v) is 9.43. The quantitative estimate of drug-likeness (QED) is 0.0294. The Morgan fingerprint density at radius 2 is 1.10 bits per heavy atom. The topological polar surface area (TPSA) is 152 Å². The van der Waals surface area contributed by atoms with Crippen LogP contribution in [-0.2, 0) is 28.5 Å². The number of carbonyl (C=O) groups is 2. The minimum absolute atomic E-state index is 0.201. The van der Waals surface area contributed by atoms with E-state index in [2.05, 4.69) is 38.2 Å². The van der Waals surface area contributed by atoms with Crippen molar-refractivity contribution >= 4 is 11.9 Å². The van der Waals surface area contributed by atoms with E-state index in [1.54, 1.807) is 0 Å². The second-order valence-corrected chi connectivity index (χ2v) is 14.1. The van der Waals surface area contributed by atoms with Crippen molar-refractivity contribution in [2.75, 3.05) is 26.4 Å². The van der Waals surface area contributed by atoms with Gasteiger partial charge in [0.2, 0.25) is 5.79 Å². The average molecular weight is 727 g/mol. The molecule has 2 unspecified atom stereocenters. The highest BCUT2D eigenvalue weighted by molar-refractivity contribution is 5.70. The Hall–Kier alpha value is -1.82. The molecule has 4 N–H and O–H groups in total. The molecule has 1 fully saturated rings. The molecular formula is C41H74O10. The van der Waals surface area contributed by atoms with Gasteiger partial charge in [-0.25, -0.2) is 0 Å².